The van der Waals surface area contributed by atoms with Crippen LogP contribution in [0.25, 0.3) is 0 Å². The molecule has 0 unspecified atom stereocenters. The summed E-state index contributed by atoms with van der Waals surface area (Å²) < 4.78 is 0.830. The van der Waals surface area contributed by atoms with Crippen LogP contribution in [-0.4, -0.2) is 35.1 Å². The number of anilines is 1. The number of nitrogens with one attached hydrogen (secondary N) is 1. The molecule has 0 radical (unpaired) electrons. The Labute approximate surface area is 141 Å². The van der Waals surface area contributed by atoms with Crippen LogP contribution in [0.3, 0.4) is 0 Å². The number of hydrogen-bond donors (Lipinski definition) is 2. The van der Waals surface area contributed by atoms with Crippen LogP contribution in [0.5, 0.6) is 0 Å². The van der Waals surface area contributed by atoms with Crippen molar-refractivity contribution in [2.75, 3.05) is 18.4 Å². The first-order chi connectivity index (χ1) is 10.4. The summed E-state index contributed by atoms with van der Waals surface area (Å²) in [5, 5.41) is 12.8. The molecular weight excluding hydrogens is 372 g/mol. The van der Waals surface area contributed by atoms with Crippen LogP contribution in [0.15, 0.2) is 22.7 Å². The fraction of sp³-hybridized carbons (Fsp3) is 0.467. The fourth-order valence-electron chi connectivity index (χ4n) is 3.58. The summed E-state index contributed by atoms with van der Waals surface area (Å²) in [7, 11) is 0. The molecular formula is C15H16BrClN2O3. The van der Waals surface area contributed by atoms with E-state index in [0.717, 1.165) is 17.3 Å². The number of halogens is 2. The number of nitrogens with zero attached hydrogens (tertiary/aromatic N) is 1. The molecule has 22 heavy (non-hydrogen) atoms. The number of rotatable bonds is 2. The Morgan fingerprint density at radius 3 is 2.86 bits per heavy atom. The van der Waals surface area contributed by atoms with Crippen molar-refractivity contribution in [2.24, 2.45) is 11.3 Å². The Kier molecular flexibility index (Phi) is 4.07. The zero-order chi connectivity index (χ0) is 15.9. The van der Waals surface area contributed by atoms with Crippen LogP contribution in [0.1, 0.15) is 19.3 Å². The summed E-state index contributed by atoms with van der Waals surface area (Å²) in [6.07, 6.45) is 2.44. The first kappa shape index (κ1) is 15.6. The number of fused-ring (bicyclic) bond motifs is 1. The second-order valence-electron chi connectivity index (χ2n) is 5.99. The number of carbonyl (C=O) groups excluding carboxylic acids is 1. The van der Waals surface area contributed by atoms with E-state index in [9.17, 15) is 14.7 Å². The van der Waals surface area contributed by atoms with E-state index < -0.39 is 11.4 Å². The zero-order valence-electron chi connectivity index (χ0n) is 11.8. The van der Waals surface area contributed by atoms with Gasteiger partial charge in [0.2, 0.25) is 0 Å². The van der Waals surface area contributed by atoms with Gasteiger partial charge in [0.25, 0.3) is 0 Å². The molecule has 2 N–H and O–H groups in total. The Bertz CT molecular complexity index is 639. The Balaban J connectivity index is 1.73. The van der Waals surface area contributed by atoms with Crippen LogP contribution >= 0.6 is 27.5 Å². The number of hydrogen-bond acceptors (Lipinski definition) is 2. The van der Waals surface area contributed by atoms with Gasteiger partial charge in [0.15, 0.2) is 0 Å². The lowest BCUT2D eigenvalue weighted by molar-refractivity contribution is -0.149. The minimum Gasteiger partial charge on any atom is -0.481 e. The third-order valence-corrected chi connectivity index (χ3v) is 5.56. The second kappa shape index (κ2) is 5.74. The molecule has 0 aromatic heterocycles. The SMILES string of the molecule is O=C(Nc1ccc(Br)cc1Cl)N1C[C@@H]2CCC[C@@]2(C(=O)O)C1. The number of carboxylic acid groups (broad SMARTS) is 1. The quantitative estimate of drug-likeness (QED) is 0.810. The van der Waals surface area contributed by atoms with Gasteiger partial charge in [-0.3, -0.25) is 4.79 Å². The third kappa shape index (κ3) is 2.58. The highest BCUT2D eigenvalue weighted by Crippen LogP contribution is 2.49. The molecule has 7 heteroatoms. The van der Waals surface area contributed by atoms with Crippen LogP contribution in [0, 0.1) is 11.3 Å². The molecule has 1 aromatic rings. The van der Waals surface area contributed by atoms with Gasteiger partial charge in [0.1, 0.15) is 0 Å². The molecule has 1 aromatic carbocycles. The van der Waals surface area contributed by atoms with Crippen molar-refractivity contribution in [1.82, 2.24) is 4.90 Å². The summed E-state index contributed by atoms with van der Waals surface area (Å²) in [5.41, 5.74) is -0.239. The van der Waals surface area contributed by atoms with Crippen LogP contribution in [0.4, 0.5) is 10.5 Å². The molecule has 1 aliphatic heterocycles. The van der Waals surface area contributed by atoms with Crippen molar-refractivity contribution in [3.8, 4) is 0 Å². The van der Waals surface area contributed by atoms with Gasteiger partial charge in [0, 0.05) is 17.6 Å². The van der Waals surface area contributed by atoms with Crippen LogP contribution in [-0.2, 0) is 4.79 Å². The summed E-state index contributed by atoms with van der Waals surface area (Å²) in [5.74, 6) is -0.733. The molecule has 1 saturated carbocycles. The number of carboxylic acids is 1. The van der Waals surface area contributed by atoms with Gasteiger partial charge in [0.05, 0.1) is 16.1 Å². The lowest BCUT2D eigenvalue weighted by Crippen LogP contribution is -2.38. The number of benzene rings is 1. The molecule has 2 fully saturated rings. The largest absolute Gasteiger partial charge is 0.481 e. The molecule has 1 saturated heterocycles. The third-order valence-electron chi connectivity index (χ3n) is 4.76. The summed E-state index contributed by atoms with van der Waals surface area (Å²) in [6.45, 7) is 0.763. The minimum atomic E-state index is -0.785. The number of amides is 2. The van der Waals surface area contributed by atoms with Crippen LogP contribution < -0.4 is 5.32 Å². The van der Waals surface area contributed by atoms with E-state index in [1.807, 2.05) is 0 Å². The molecule has 1 heterocycles. The van der Waals surface area contributed by atoms with Crippen molar-refractivity contribution < 1.29 is 14.7 Å². The van der Waals surface area contributed by atoms with Crippen molar-refractivity contribution in [3.63, 3.8) is 0 Å². The molecule has 118 valence electrons. The molecule has 0 bridgehead atoms. The van der Waals surface area contributed by atoms with Gasteiger partial charge in [-0.2, -0.15) is 0 Å². The van der Waals surface area contributed by atoms with E-state index in [2.05, 4.69) is 21.2 Å². The topological polar surface area (TPSA) is 69.6 Å². The maximum Gasteiger partial charge on any atom is 0.321 e. The van der Waals surface area contributed by atoms with E-state index in [-0.39, 0.29) is 18.5 Å². The molecule has 5 nitrogen and oxygen atoms in total. The maximum atomic E-state index is 12.4. The van der Waals surface area contributed by atoms with E-state index in [1.54, 1.807) is 23.1 Å². The first-order valence-electron chi connectivity index (χ1n) is 7.17. The Hall–Kier alpha value is -1.27. The minimum absolute atomic E-state index is 0.0520. The van der Waals surface area contributed by atoms with E-state index in [1.165, 1.54) is 0 Å². The van der Waals surface area contributed by atoms with Crippen molar-refractivity contribution in [3.05, 3.63) is 27.7 Å². The molecule has 1 aliphatic carbocycles. The average Bonchev–Trinajstić information content (AvgIpc) is 2.99. The van der Waals surface area contributed by atoms with Crippen molar-refractivity contribution in [2.45, 2.75) is 19.3 Å². The van der Waals surface area contributed by atoms with Crippen LogP contribution in [0.2, 0.25) is 5.02 Å². The highest BCUT2D eigenvalue weighted by Gasteiger charge is 2.55. The Morgan fingerprint density at radius 1 is 1.45 bits per heavy atom. The normalized spacial score (nSPS) is 26.8. The standard InChI is InChI=1S/C15H16BrClN2O3/c16-10-3-4-12(11(17)6-10)18-14(22)19-7-9-2-1-5-15(9,8-19)13(20)21/h3-4,6,9H,1-2,5,7-8H2,(H,18,22)(H,20,21)/t9-,15+/m0/s1. The number of likely N-dealkylation sites (tertiary alicyclic amines) is 1. The molecule has 3 rings (SSSR count). The molecule has 2 amide bonds. The highest BCUT2D eigenvalue weighted by atomic mass is 79.9. The zero-order valence-corrected chi connectivity index (χ0v) is 14.2. The average molecular weight is 388 g/mol. The number of aliphatic carboxylic acids is 1. The van der Waals surface area contributed by atoms with Gasteiger partial charge >= 0.3 is 12.0 Å². The van der Waals surface area contributed by atoms with Gasteiger partial charge in [-0.1, -0.05) is 34.0 Å². The highest BCUT2D eigenvalue weighted by molar-refractivity contribution is 9.10. The van der Waals surface area contributed by atoms with E-state index in [4.69, 9.17) is 11.6 Å². The first-order valence-corrected chi connectivity index (χ1v) is 8.34. The van der Waals surface area contributed by atoms with E-state index in [0.29, 0.717) is 23.7 Å². The maximum absolute atomic E-state index is 12.4. The van der Waals surface area contributed by atoms with E-state index >= 15 is 0 Å². The second-order valence-corrected chi connectivity index (χ2v) is 7.31. The lowest BCUT2D eigenvalue weighted by atomic mass is 9.81. The van der Waals surface area contributed by atoms with Crippen molar-refractivity contribution in [1.29, 1.82) is 0 Å². The predicted molar refractivity (Wildman–Crippen MR) is 87.2 cm³/mol. The van der Waals surface area contributed by atoms with Crippen molar-refractivity contribution >= 4 is 45.2 Å². The predicted octanol–water partition coefficient (Wildman–Crippen LogP) is 3.82. The number of carbonyl (C=O) groups is 2. The molecule has 2 aliphatic rings. The lowest BCUT2D eigenvalue weighted by Gasteiger charge is -2.23. The Morgan fingerprint density at radius 2 is 2.23 bits per heavy atom. The number of urea groups is 1. The summed E-state index contributed by atoms with van der Waals surface area (Å²) in [6, 6.07) is 4.92. The summed E-state index contributed by atoms with van der Waals surface area (Å²) in [4.78, 5) is 25.6. The smallest absolute Gasteiger partial charge is 0.321 e. The monoisotopic (exact) mass is 386 g/mol. The fourth-order valence-corrected chi connectivity index (χ4v) is 4.30. The van der Waals surface area contributed by atoms with Gasteiger partial charge in [-0.25, -0.2) is 4.79 Å². The molecule has 2 atom stereocenters. The summed E-state index contributed by atoms with van der Waals surface area (Å²) >= 11 is 9.41. The molecule has 0 spiro atoms. The van der Waals surface area contributed by atoms with Gasteiger partial charge in [-0.15, -0.1) is 0 Å². The van der Waals surface area contributed by atoms with Gasteiger partial charge in [-0.05, 0) is 37.0 Å². The van der Waals surface area contributed by atoms with Gasteiger partial charge < -0.3 is 15.3 Å².